The molecule has 0 spiro atoms. The van der Waals surface area contributed by atoms with Gasteiger partial charge in [0.15, 0.2) is 0 Å². The maximum absolute atomic E-state index is 6.25. The van der Waals surface area contributed by atoms with Gasteiger partial charge in [0.1, 0.15) is 0 Å². The summed E-state index contributed by atoms with van der Waals surface area (Å²) >= 11 is 0. The van der Waals surface area contributed by atoms with Crippen LogP contribution in [0.5, 0.6) is 0 Å². The van der Waals surface area contributed by atoms with Crippen molar-refractivity contribution < 1.29 is 0 Å². The zero-order valence-electron chi connectivity index (χ0n) is 11.4. The molecule has 0 aliphatic rings. The lowest BCUT2D eigenvalue weighted by molar-refractivity contribution is 0.232. The zero-order chi connectivity index (χ0) is 12.7. The second-order valence-electron chi connectivity index (χ2n) is 4.88. The molecule has 0 radical (unpaired) electrons. The molecule has 0 fully saturated rings. The van der Waals surface area contributed by atoms with Crippen molar-refractivity contribution in [2.24, 2.45) is 11.7 Å². The normalized spacial score (nSPS) is 14.9. The van der Waals surface area contributed by atoms with Gasteiger partial charge in [0.25, 0.3) is 0 Å². The first kappa shape index (κ1) is 14.2. The molecule has 2 nitrogen and oxygen atoms in total. The van der Waals surface area contributed by atoms with E-state index in [0.717, 1.165) is 25.6 Å². The van der Waals surface area contributed by atoms with Crippen LogP contribution in [0, 0.1) is 5.92 Å². The van der Waals surface area contributed by atoms with Crippen LogP contribution in [0.25, 0.3) is 0 Å². The quantitative estimate of drug-likeness (QED) is 0.785. The summed E-state index contributed by atoms with van der Waals surface area (Å²) < 4.78 is 0. The minimum absolute atomic E-state index is 0.125. The molecular weight excluding hydrogens is 208 g/mol. The third-order valence-corrected chi connectivity index (χ3v) is 3.40. The fraction of sp³-hybridized carbons (Fsp3) is 0.600. The fourth-order valence-electron chi connectivity index (χ4n) is 1.99. The number of hydrogen-bond donors (Lipinski definition) is 1. The molecule has 1 aromatic rings. The number of nitrogens with zero attached hydrogens (tertiary/aromatic N) is 1. The molecule has 2 unspecified atom stereocenters. The molecule has 0 aromatic heterocycles. The van der Waals surface area contributed by atoms with E-state index in [1.807, 2.05) is 6.07 Å². The van der Waals surface area contributed by atoms with Gasteiger partial charge in [-0.3, -0.25) is 0 Å². The molecule has 1 aromatic carbocycles. The molecule has 2 N–H and O–H groups in total. The van der Waals surface area contributed by atoms with Crippen LogP contribution in [-0.4, -0.2) is 24.5 Å². The third-order valence-electron chi connectivity index (χ3n) is 3.40. The highest BCUT2D eigenvalue weighted by Crippen LogP contribution is 2.13. The Bertz CT molecular complexity index is 297. The highest BCUT2D eigenvalue weighted by Gasteiger charge is 2.12. The smallest absolute Gasteiger partial charge is 0.0424 e. The molecule has 2 atom stereocenters. The number of nitrogens with two attached hydrogens (primary N) is 1. The minimum Gasteiger partial charge on any atom is -0.323 e. The molecule has 96 valence electrons. The molecule has 0 aliphatic heterocycles. The molecule has 0 saturated carbocycles. The van der Waals surface area contributed by atoms with E-state index in [0.29, 0.717) is 0 Å². The van der Waals surface area contributed by atoms with Crippen LogP contribution in [0.4, 0.5) is 0 Å². The Labute approximate surface area is 106 Å². The predicted octanol–water partition coefficient (Wildman–Crippen LogP) is 3.05. The molecule has 0 heterocycles. The molecule has 1 rings (SSSR count). The number of hydrogen-bond acceptors (Lipinski definition) is 2. The van der Waals surface area contributed by atoms with E-state index in [4.69, 9.17) is 5.73 Å². The van der Waals surface area contributed by atoms with Crippen molar-refractivity contribution in [3.63, 3.8) is 0 Å². The molecule has 0 amide bonds. The highest BCUT2D eigenvalue weighted by molar-refractivity contribution is 5.18. The summed E-state index contributed by atoms with van der Waals surface area (Å²) in [7, 11) is 0. The van der Waals surface area contributed by atoms with Gasteiger partial charge in [-0.05, 0) is 18.0 Å². The van der Waals surface area contributed by atoms with Crippen molar-refractivity contribution in [1.82, 2.24) is 4.90 Å². The average Bonchev–Trinajstić information content (AvgIpc) is 2.38. The Kier molecular flexibility index (Phi) is 6.23. The van der Waals surface area contributed by atoms with Crippen molar-refractivity contribution in [2.75, 3.05) is 19.6 Å². The van der Waals surface area contributed by atoms with E-state index in [1.165, 1.54) is 12.0 Å². The Hall–Kier alpha value is -0.860. The van der Waals surface area contributed by atoms with Gasteiger partial charge in [-0.25, -0.2) is 0 Å². The molecule has 2 heteroatoms. The van der Waals surface area contributed by atoms with Crippen LogP contribution >= 0.6 is 0 Å². The lowest BCUT2D eigenvalue weighted by Gasteiger charge is -2.26. The van der Waals surface area contributed by atoms with Crippen LogP contribution < -0.4 is 5.73 Å². The summed E-state index contributed by atoms with van der Waals surface area (Å²) in [6.45, 7) is 9.93. The Morgan fingerprint density at radius 1 is 1.12 bits per heavy atom. The average molecular weight is 234 g/mol. The first-order chi connectivity index (χ1) is 8.17. The van der Waals surface area contributed by atoms with Crippen LogP contribution in [0.2, 0.25) is 0 Å². The number of rotatable bonds is 7. The highest BCUT2D eigenvalue weighted by atomic mass is 15.1. The Balaban J connectivity index is 2.50. The number of benzene rings is 1. The van der Waals surface area contributed by atoms with Gasteiger partial charge in [0.05, 0.1) is 0 Å². The van der Waals surface area contributed by atoms with Crippen LogP contribution in [0.1, 0.15) is 38.8 Å². The SMILES string of the molecule is CCC(C)CN(CC)CC(N)c1ccccc1. The molecule has 0 aliphatic carbocycles. The van der Waals surface area contributed by atoms with E-state index in [2.05, 4.69) is 49.9 Å². The maximum Gasteiger partial charge on any atom is 0.0424 e. The van der Waals surface area contributed by atoms with Crippen LogP contribution in [-0.2, 0) is 0 Å². The standard InChI is InChI=1S/C15H26N2/c1-4-13(3)11-17(5-2)12-15(16)14-9-7-6-8-10-14/h6-10,13,15H,4-5,11-12,16H2,1-3H3. The van der Waals surface area contributed by atoms with Gasteiger partial charge in [-0.1, -0.05) is 57.5 Å². The van der Waals surface area contributed by atoms with Crippen molar-refractivity contribution in [3.05, 3.63) is 35.9 Å². The summed E-state index contributed by atoms with van der Waals surface area (Å²) in [5.41, 5.74) is 7.48. The van der Waals surface area contributed by atoms with E-state index < -0.39 is 0 Å². The summed E-state index contributed by atoms with van der Waals surface area (Å²) in [5, 5.41) is 0. The molecule has 0 bridgehead atoms. The first-order valence-corrected chi connectivity index (χ1v) is 6.70. The Morgan fingerprint density at radius 2 is 1.76 bits per heavy atom. The molecule has 17 heavy (non-hydrogen) atoms. The lowest BCUT2D eigenvalue weighted by atomic mass is 10.1. The van der Waals surface area contributed by atoms with E-state index in [9.17, 15) is 0 Å². The first-order valence-electron chi connectivity index (χ1n) is 6.70. The zero-order valence-corrected chi connectivity index (χ0v) is 11.4. The fourth-order valence-corrected chi connectivity index (χ4v) is 1.99. The minimum atomic E-state index is 0.125. The van der Waals surface area contributed by atoms with Crippen LogP contribution in [0.15, 0.2) is 30.3 Å². The van der Waals surface area contributed by atoms with Crippen molar-refractivity contribution in [3.8, 4) is 0 Å². The molecular formula is C15H26N2. The summed E-state index contributed by atoms with van der Waals surface area (Å²) in [4.78, 5) is 2.45. The van der Waals surface area contributed by atoms with Gasteiger partial charge in [-0.2, -0.15) is 0 Å². The number of likely N-dealkylation sites (N-methyl/N-ethyl adjacent to an activating group) is 1. The Morgan fingerprint density at radius 3 is 2.29 bits per heavy atom. The van der Waals surface area contributed by atoms with Gasteiger partial charge >= 0.3 is 0 Å². The van der Waals surface area contributed by atoms with E-state index in [1.54, 1.807) is 0 Å². The summed E-state index contributed by atoms with van der Waals surface area (Å²) in [6, 6.07) is 10.5. The summed E-state index contributed by atoms with van der Waals surface area (Å²) in [5.74, 6) is 0.748. The predicted molar refractivity (Wildman–Crippen MR) is 74.9 cm³/mol. The lowest BCUT2D eigenvalue weighted by Crippen LogP contribution is -2.35. The largest absolute Gasteiger partial charge is 0.323 e. The van der Waals surface area contributed by atoms with Crippen molar-refractivity contribution >= 4 is 0 Å². The van der Waals surface area contributed by atoms with Crippen molar-refractivity contribution in [1.29, 1.82) is 0 Å². The second-order valence-corrected chi connectivity index (χ2v) is 4.88. The van der Waals surface area contributed by atoms with Crippen molar-refractivity contribution in [2.45, 2.75) is 33.2 Å². The van der Waals surface area contributed by atoms with Crippen LogP contribution in [0.3, 0.4) is 0 Å². The van der Waals surface area contributed by atoms with Gasteiger partial charge in [0.2, 0.25) is 0 Å². The monoisotopic (exact) mass is 234 g/mol. The maximum atomic E-state index is 6.25. The van der Waals surface area contributed by atoms with Gasteiger partial charge < -0.3 is 10.6 Å². The second kappa shape index (κ2) is 7.46. The third kappa shape index (κ3) is 4.88. The summed E-state index contributed by atoms with van der Waals surface area (Å²) in [6.07, 6.45) is 1.23. The van der Waals surface area contributed by atoms with E-state index >= 15 is 0 Å². The van der Waals surface area contributed by atoms with E-state index in [-0.39, 0.29) is 6.04 Å². The van der Waals surface area contributed by atoms with Gasteiger partial charge in [0, 0.05) is 19.1 Å². The molecule has 0 saturated heterocycles. The topological polar surface area (TPSA) is 29.3 Å². The van der Waals surface area contributed by atoms with Gasteiger partial charge in [-0.15, -0.1) is 0 Å².